The largest absolute Gasteiger partial charge is 0.478 e. The number of hydrogen-bond acceptors (Lipinski definition) is 4. The number of nitrogens with zero attached hydrogens (tertiary/aromatic N) is 2. The molecule has 0 amide bonds. The van der Waals surface area contributed by atoms with E-state index in [-0.39, 0.29) is 5.41 Å². The van der Waals surface area contributed by atoms with E-state index in [1.54, 1.807) is 17.4 Å². The van der Waals surface area contributed by atoms with E-state index in [0.29, 0.717) is 0 Å². The molecule has 1 N–H and O–H groups in total. The Kier molecular flexibility index (Phi) is 4.60. The van der Waals surface area contributed by atoms with Crippen LogP contribution in [0.1, 0.15) is 49.2 Å². The van der Waals surface area contributed by atoms with Crippen molar-refractivity contribution in [2.45, 2.75) is 45.6 Å². The van der Waals surface area contributed by atoms with Crippen LogP contribution in [-0.4, -0.2) is 34.0 Å². The molecule has 0 aromatic carbocycles. The molecule has 0 saturated carbocycles. The molecule has 20 heavy (non-hydrogen) atoms. The standard InChI is InChI=1S/C15H22N2O2S/c1-15(2,3)14-11(6-7-13(18)19)20-12(16-14)10-17-8-4-5-9-17/h6-7H,4-5,8-10H2,1-3H3,(H,18,19)/b7-6+. The van der Waals surface area contributed by atoms with Gasteiger partial charge in [-0.2, -0.15) is 0 Å². The van der Waals surface area contributed by atoms with Gasteiger partial charge in [0.05, 0.1) is 17.1 Å². The van der Waals surface area contributed by atoms with Crippen molar-refractivity contribution in [3.05, 3.63) is 21.7 Å². The van der Waals surface area contributed by atoms with Crippen LogP contribution in [0.4, 0.5) is 0 Å². The van der Waals surface area contributed by atoms with E-state index in [0.717, 1.165) is 35.2 Å². The zero-order chi connectivity index (χ0) is 14.8. The van der Waals surface area contributed by atoms with Crippen LogP contribution in [0.3, 0.4) is 0 Å². The lowest BCUT2D eigenvalue weighted by Gasteiger charge is -2.16. The van der Waals surface area contributed by atoms with Crippen molar-refractivity contribution >= 4 is 23.4 Å². The Labute approximate surface area is 124 Å². The van der Waals surface area contributed by atoms with Crippen LogP contribution < -0.4 is 0 Å². The molecule has 0 unspecified atom stereocenters. The Balaban J connectivity index is 2.24. The van der Waals surface area contributed by atoms with Crippen LogP contribution in [0.2, 0.25) is 0 Å². The van der Waals surface area contributed by atoms with Gasteiger partial charge in [-0.3, -0.25) is 4.90 Å². The van der Waals surface area contributed by atoms with Gasteiger partial charge in [0.1, 0.15) is 5.01 Å². The summed E-state index contributed by atoms with van der Waals surface area (Å²) in [5.41, 5.74) is 0.923. The molecular formula is C15H22N2O2S. The molecule has 1 aliphatic rings. The van der Waals surface area contributed by atoms with Crippen LogP contribution in [0.5, 0.6) is 0 Å². The van der Waals surface area contributed by atoms with E-state index in [2.05, 4.69) is 25.7 Å². The van der Waals surface area contributed by atoms with Crippen molar-refractivity contribution in [1.82, 2.24) is 9.88 Å². The third kappa shape index (κ3) is 3.90. The number of hydrogen-bond donors (Lipinski definition) is 1. The van der Waals surface area contributed by atoms with Crippen LogP contribution in [0, 0.1) is 0 Å². The molecule has 0 spiro atoms. The summed E-state index contributed by atoms with van der Waals surface area (Å²) in [6.45, 7) is 9.50. The van der Waals surface area contributed by atoms with Crippen molar-refractivity contribution in [2.75, 3.05) is 13.1 Å². The number of carboxylic acid groups (broad SMARTS) is 1. The van der Waals surface area contributed by atoms with E-state index in [9.17, 15) is 4.79 Å². The fourth-order valence-electron chi connectivity index (χ4n) is 2.37. The summed E-state index contributed by atoms with van der Waals surface area (Å²) in [6, 6.07) is 0. The van der Waals surface area contributed by atoms with Gasteiger partial charge in [-0.05, 0) is 32.0 Å². The minimum absolute atomic E-state index is 0.0715. The molecule has 1 fully saturated rings. The molecule has 0 bridgehead atoms. The molecule has 1 aromatic heterocycles. The molecule has 0 atom stereocenters. The van der Waals surface area contributed by atoms with Crippen LogP contribution in [-0.2, 0) is 16.8 Å². The third-order valence-corrected chi connectivity index (χ3v) is 4.35. The van der Waals surface area contributed by atoms with Crippen LogP contribution in [0.25, 0.3) is 6.08 Å². The van der Waals surface area contributed by atoms with E-state index in [4.69, 9.17) is 10.1 Å². The van der Waals surface area contributed by atoms with Crippen molar-refractivity contribution in [1.29, 1.82) is 0 Å². The van der Waals surface area contributed by atoms with Gasteiger partial charge in [0.25, 0.3) is 0 Å². The monoisotopic (exact) mass is 294 g/mol. The number of thiazole rings is 1. The second-order valence-corrected chi connectivity index (χ2v) is 7.34. The van der Waals surface area contributed by atoms with Gasteiger partial charge in [-0.15, -0.1) is 11.3 Å². The van der Waals surface area contributed by atoms with E-state index >= 15 is 0 Å². The molecule has 0 aliphatic carbocycles. The lowest BCUT2D eigenvalue weighted by Crippen LogP contribution is -2.19. The SMILES string of the molecule is CC(C)(C)c1nc(CN2CCCC2)sc1/C=C/C(=O)O. The maximum Gasteiger partial charge on any atom is 0.328 e. The zero-order valence-electron chi connectivity index (χ0n) is 12.3. The summed E-state index contributed by atoms with van der Waals surface area (Å²) in [5.74, 6) is -0.917. The van der Waals surface area contributed by atoms with Crippen molar-refractivity contribution < 1.29 is 9.90 Å². The van der Waals surface area contributed by atoms with Gasteiger partial charge in [-0.25, -0.2) is 9.78 Å². The number of aliphatic carboxylic acids is 1. The van der Waals surface area contributed by atoms with Crippen molar-refractivity contribution in [3.8, 4) is 0 Å². The van der Waals surface area contributed by atoms with E-state index in [1.807, 2.05) is 0 Å². The quantitative estimate of drug-likeness (QED) is 0.867. The Morgan fingerprint density at radius 1 is 1.40 bits per heavy atom. The molecule has 2 heterocycles. The lowest BCUT2D eigenvalue weighted by molar-refractivity contribution is -0.131. The van der Waals surface area contributed by atoms with E-state index in [1.165, 1.54) is 18.9 Å². The third-order valence-electron chi connectivity index (χ3n) is 3.34. The summed E-state index contributed by atoms with van der Waals surface area (Å²) in [7, 11) is 0. The molecule has 1 aliphatic heterocycles. The number of carbonyl (C=O) groups is 1. The number of likely N-dealkylation sites (tertiary alicyclic amines) is 1. The highest BCUT2D eigenvalue weighted by Crippen LogP contribution is 2.31. The van der Waals surface area contributed by atoms with Crippen LogP contribution in [0.15, 0.2) is 6.08 Å². The average molecular weight is 294 g/mol. The van der Waals surface area contributed by atoms with Crippen molar-refractivity contribution in [3.63, 3.8) is 0 Å². The summed E-state index contributed by atoms with van der Waals surface area (Å²) >= 11 is 1.61. The van der Waals surface area contributed by atoms with Gasteiger partial charge >= 0.3 is 5.97 Å². The predicted octanol–water partition coefficient (Wildman–Crippen LogP) is 3.13. The molecule has 1 saturated heterocycles. The Bertz CT molecular complexity index is 508. The molecule has 1 aromatic rings. The zero-order valence-corrected chi connectivity index (χ0v) is 13.2. The highest BCUT2D eigenvalue weighted by molar-refractivity contribution is 7.12. The molecule has 4 nitrogen and oxygen atoms in total. The molecule has 110 valence electrons. The Hall–Kier alpha value is -1.20. The molecule has 5 heteroatoms. The molecular weight excluding hydrogens is 272 g/mol. The second kappa shape index (κ2) is 6.06. The first kappa shape index (κ1) is 15.2. The normalized spacial score (nSPS) is 17.1. The van der Waals surface area contributed by atoms with Gasteiger partial charge < -0.3 is 5.11 Å². The maximum atomic E-state index is 10.7. The molecule has 0 radical (unpaired) electrons. The maximum absolute atomic E-state index is 10.7. The summed E-state index contributed by atoms with van der Waals surface area (Å²) in [4.78, 5) is 18.8. The van der Waals surface area contributed by atoms with Gasteiger partial charge in [0.2, 0.25) is 0 Å². The minimum atomic E-state index is -0.917. The first-order valence-electron chi connectivity index (χ1n) is 7.00. The van der Waals surface area contributed by atoms with Gasteiger partial charge in [-0.1, -0.05) is 20.8 Å². The lowest BCUT2D eigenvalue weighted by atomic mass is 9.91. The first-order chi connectivity index (χ1) is 9.36. The second-order valence-electron chi connectivity index (χ2n) is 6.23. The highest BCUT2D eigenvalue weighted by atomic mass is 32.1. The fourth-order valence-corrected chi connectivity index (χ4v) is 3.60. The highest BCUT2D eigenvalue weighted by Gasteiger charge is 2.23. The Morgan fingerprint density at radius 3 is 2.60 bits per heavy atom. The topological polar surface area (TPSA) is 53.4 Å². The number of aromatic nitrogens is 1. The first-order valence-corrected chi connectivity index (χ1v) is 7.81. The summed E-state index contributed by atoms with van der Waals surface area (Å²) in [5, 5.41) is 9.88. The van der Waals surface area contributed by atoms with E-state index < -0.39 is 5.97 Å². The fraction of sp³-hybridized carbons (Fsp3) is 0.600. The molecule has 2 rings (SSSR count). The number of carboxylic acids is 1. The number of rotatable bonds is 4. The predicted molar refractivity (Wildman–Crippen MR) is 82.0 cm³/mol. The average Bonchev–Trinajstić information content (AvgIpc) is 2.95. The van der Waals surface area contributed by atoms with Crippen LogP contribution >= 0.6 is 11.3 Å². The Morgan fingerprint density at radius 2 is 2.05 bits per heavy atom. The van der Waals surface area contributed by atoms with Gasteiger partial charge in [0, 0.05) is 11.5 Å². The van der Waals surface area contributed by atoms with Crippen molar-refractivity contribution in [2.24, 2.45) is 0 Å². The minimum Gasteiger partial charge on any atom is -0.478 e. The smallest absolute Gasteiger partial charge is 0.328 e. The summed E-state index contributed by atoms with van der Waals surface area (Å²) in [6.07, 6.45) is 5.41. The summed E-state index contributed by atoms with van der Waals surface area (Å²) < 4.78 is 0. The van der Waals surface area contributed by atoms with Gasteiger partial charge in [0.15, 0.2) is 0 Å².